The minimum absolute atomic E-state index is 0.0296. The lowest BCUT2D eigenvalue weighted by Gasteiger charge is -2.07. The maximum absolute atomic E-state index is 13.0. The van der Waals surface area contributed by atoms with Crippen LogP contribution in [0.2, 0.25) is 5.02 Å². The van der Waals surface area contributed by atoms with Crippen LogP contribution in [0.1, 0.15) is 10.4 Å². The molecule has 7 heteroatoms. The first-order valence-corrected chi connectivity index (χ1v) is 9.01. The van der Waals surface area contributed by atoms with Crippen molar-refractivity contribution in [2.45, 2.75) is 0 Å². The molecule has 2 aromatic heterocycles. The Morgan fingerprint density at radius 3 is 2.58 bits per heavy atom. The molecule has 0 fully saturated rings. The second kappa shape index (κ2) is 6.74. The highest BCUT2D eigenvalue weighted by molar-refractivity contribution is 7.15. The van der Waals surface area contributed by atoms with Gasteiger partial charge in [-0.2, -0.15) is 0 Å². The quantitative estimate of drug-likeness (QED) is 0.574. The summed E-state index contributed by atoms with van der Waals surface area (Å²) in [6.07, 6.45) is 1.31. The van der Waals surface area contributed by atoms with Gasteiger partial charge in [0.2, 0.25) is 0 Å². The lowest BCUT2D eigenvalue weighted by atomic mass is 10.2. The van der Waals surface area contributed by atoms with Gasteiger partial charge in [-0.3, -0.25) is 14.0 Å². The van der Waals surface area contributed by atoms with Crippen LogP contribution in [0.3, 0.4) is 0 Å². The Morgan fingerprint density at radius 1 is 1.08 bits per heavy atom. The Hall–Kier alpha value is -2.96. The number of halogens is 1. The summed E-state index contributed by atoms with van der Waals surface area (Å²) in [5, 5.41) is 5.05. The van der Waals surface area contributed by atoms with Gasteiger partial charge in [-0.15, -0.1) is 11.3 Å². The molecule has 26 heavy (non-hydrogen) atoms. The molecule has 0 unspecified atom stereocenters. The summed E-state index contributed by atoms with van der Waals surface area (Å²) in [6, 6.07) is 16.2. The third kappa shape index (κ3) is 2.89. The summed E-state index contributed by atoms with van der Waals surface area (Å²) in [6.45, 7) is 0. The van der Waals surface area contributed by atoms with E-state index in [1.165, 1.54) is 21.9 Å². The zero-order chi connectivity index (χ0) is 18.1. The van der Waals surface area contributed by atoms with Crippen molar-refractivity contribution in [3.05, 3.63) is 87.1 Å². The van der Waals surface area contributed by atoms with E-state index in [1.807, 2.05) is 29.6 Å². The van der Waals surface area contributed by atoms with Gasteiger partial charge in [0.25, 0.3) is 11.5 Å². The molecule has 1 amide bonds. The smallest absolute Gasteiger partial charge is 0.271 e. The fraction of sp³-hybridized carbons (Fsp3) is 0. The third-order valence-corrected chi connectivity index (χ3v) is 5.04. The Labute approximate surface area is 157 Å². The lowest BCUT2D eigenvalue weighted by Crippen LogP contribution is -2.26. The zero-order valence-electron chi connectivity index (χ0n) is 13.3. The zero-order valence-corrected chi connectivity index (χ0v) is 14.9. The molecule has 128 valence electrons. The van der Waals surface area contributed by atoms with Crippen molar-refractivity contribution in [3.63, 3.8) is 0 Å². The molecule has 0 bridgehead atoms. The van der Waals surface area contributed by atoms with E-state index in [2.05, 4.69) is 10.3 Å². The average molecular weight is 382 g/mol. The van der Waals surface area contributed by atoms with Crippen LogP contribution in [0.5, 0.6) is 0 Å². The number of hydrogen-bond acceptors (Lipinski definition) is 4. The molecule has 2 aromatic carbocycles. The molecule has 1 N–H and O–H groups in total. The number of rotatable bonds is 3. The Balaban J connectivity index is 1.82. The summed E-state index contributed by atoms with van der Waals surface area (Å²) < 4.78 is 1.42. The van der Waals surface area contributed by atoms with E-state index in [4.69, 9.17) is 11.6 Å². The van der Waals surface area contributed by atoms with Crippen molar-refractivity contribution in [1.29, 1.82) is 0 Å². The molecule has 0 saturated carbocycles. The second-order valence-electron chi connectivity index (χ2n) is 5.52. The van der Waals surface area contributed by atoms with E-state index >= 15 is 0 Å². The normalized spacial score (nSPS) is 10.8. The number of nitrogens with zero attached hydrogens (tertiary/aromatic N) is 2. The highest BCUT2D eigenvalue weighted by Crippen LogP contribution is 2.29. The van der Waals surface area contributed by atoms with Crippen molar-refractivity contribution in [2.24, 2.45) is 0 Å². The SMILES string of the molecule is O=C(Nc1ccccc1)c1cnc2scc(-c3ccccc3Cl)n2c1=O. The van der Waals surface area contributed by atoms with Crippen LogP contribution in [-0.4, -0.2) is 15.3 Å². The molecule has 0 aliphatic heterocycles. The number of hydrogen-bond donors (Lipinski definition) is 1. The van der Waals surface area contributed by atoms with Crippen LogP contribution in [0.25, 0.3) is 16.2 Å². The van der Waals surface area contributed by atoms with Crippen LogP contribution in [0.15, 0.2) is 71.0 Å². The van der Waals surface area contributed by atoms with Gasteiger partial charge in [0, 0.05) is 27.9 Å². The second-order valence-corrected chi connectivity index (χ2v) is 6.76. The summed E-state index contributed by atoms with van der Waals surface area (Å²) in [4.78, 5) is 30.2. The topological polar surface area (TPSA) is 63.5 Å². The molecular weight excluding hydrogens is 370 g/mol. The molecule has 4 rings (SSSR count). The van der Waals surface area contributed by atoms with Crippen LogP contribution in [-0.2, 0) is 0 Å². The van der Waals surface area contributed by atoms with E-state index in [0.29, 0.717) is 26.9 Å². The highest BCUT2D eigenvalue weighted by Gasteiger charge is 2.18. The molecule has 0 atom stereocenters. The van der Waals surface area contributed by atoms with Crippen LogP contribution >= 0.6 is 22.9 Å². The van der Waals surface area contributed by atoms with Crippen molar-refractivity contribution in [2.75, 3.05) is 5.32 Å². The van der Waals surface area contributed by atoms with E-state index in [9.17, 15) is 9.59 Å². The highest BCUT2D eigenvalue weighted by atomic mass is 35.5. The van der Waals surface area contributed by atoms with Gasteiger partial charge in [0.05, 0.1) is 5.69 Å². The van der Waals surface area contributed by atoms with Gasteiger partial charge in [-0.1, -0.05) is 48.0 Å². The molecule has 0 aliphatic rings. The lowest BCUT2D eigenvalue weighted by molar-refractivity contribution is 0.102. The minimum Gasteiger partial charge on any atom is -0.322 e. The number of fused-ring (bicyclic) bond motifs is 1. The molecule has 0 radical (unpaired) electrons. The number of para-hydroxylation sites is 1. The Bertz CT molecular complexity index is 1170. The van der Waals surface area contributed by atoms with Crippen molar-refractivity contribution in [1.82, 2.24) is 9.38 Å². The van der Waals surface area contributed by atoms with Crippen LogP contribution < -0.4 is 10.9 Å². The van der Waals surface area contributed by atoms with Crippen molar-refractivity contribution >= 4 is 39.5 Å². The predicted molar refractivity (Wildman–Crippen MR) is 104 cm³/mol. The number of thiazole rings is 1. The van der Waals surface area contributed by atoms with E-state index < -0.39 is 11.5 Å². The summed E-state index contributed by atoms with van der Waals surface area (Å²) in [5.74, 6) is -0.501. The molecule has 5 nitrogen and oxygen atoms in total. The van der Waals surface area contributed by atoms with E-state index in [0.717, 1.165) is 0 Å². The van der Waals surface area contributed by atoms with Crippen molar-refractivity contribution in [3.8, 4) is 11.3 Å². The summed E-state index contributed by atoms with van der Waals surface area (Å²) >= 11 is 7.59. The number of nitrogens with one attached hydrogen (secondary N) is 1. The largest absolute Gasteiger partial charge is 0.322 e. The summed E-state index contributed by atoms with van der Waals surface area (Å²) in [5.41, 5.74) is 1.48. The predicted octanol–water partition coefficient (Wildman–Crippen LogP) is 4.33. The minimum atomic E-state index is -0.501. The molecule has 4 aromatic rings. The van der Waals surface area contributed by atoms with Crippen LogP contribution in [0, 0.1) is 0 Å². The molecule has 2 heterocycles. The standard InChI is InChI=1S/C19H12ClN3O2S/c20-15-9-5-4-8-13(15)16-11-26-19-21-10-14(18(25)23(16)19)17(24)22-12-6-2-1-3-7-12/h1-11H,(H,22,24). The number of anilines is 1. The Morgan fingerprint density at radius 2 is 1.81 bits per heavy atom. The number of benzene rings is 2. The number of carbonyl (C=O) groups excluding carboxylic acids is 1. The monoisotopic (exact) mass is 381 g/mol. The first kappa shape index (κ1) is 16.5. The van der Waals surface area contributed by atoms with Gasteiger partial charge >= 0.3 is 0 Å². The van der Waals surface area contributed by atoms with Gasteiger partial charge in [-0.05, 0) is 18.2 Å². The summed E-state index contributed by atoms with van der Waals surface area (Å²) in [7, 11) is 0. The fourth-order valence-corrected chi connectivity index (χ4v) is 3.71. The molecule has 0 saturated heterocycles. The van der Waals surface area contributed by atoms with Gasteiger partial charge in [0.15, 0.2) is 4.96 Å². The molecular formula is C19H12ClN3O2S. The fourth-order valence-electron chi connectivity index (χ4n) is 2.63. The van der Waals surface area contributed by atoms with Crippen molar-refractivity contribution < 1.29 is 4.79 Å². The van der Waals surface area contributed by atoms with Crippen LogP contribution in [0.4, 0.5) is 5.69 Å². The first-order valence-electron chi connectivity index (χ1n) is 7.76. The average Bonchev–Trinajstić information content (AvgIpc) is 3.08. The maximum Gasteiger partial charge on any atom is 0.271 e. The van der Waals surface area contributed by atoms with E-state index in [-0.39, 0.29) is 5.56 Å². The first-order chi connectivity index (χ1) is 12.6. The van der Waals surface area contributed by atoms with E-state index in [1.54, 1.807) is 30.3 Å². The number of amides is 1. The molecule has 0 aliphatic carbocycles. The third-order valence-electron chi connectivity index (χ3n) is 3.87. The van der Waals surface area contributed by atoms with Gasteiger partial charge < -0.3 is 5.32 Å². The number of carbonyl (C=O) groups is 1. The van der Waals surface area contributed by atoms with Gasteiger partial charge in [0.1, 0.15) is 5.56 Å². The Kier molecular flexibility index (Phi) is 4.28. The maximum atomic E-state index is 13.0. The molecule has 0 spiro atoms. The van der Waals surface area contributed by atoms with Gasteiger partial charge in [-0.25, -0.2) is 4.98 Å². The number of aromatic nitrogens is 2.